The van der Waals surface area contributed by atoms with E-state index >= 15 is 0 Å². The molecule has 21 heavy (non-hydrogen) atoms. The molecule has 2 heteroatoms. The summed E-state index contributed by atoms with van der Waals surface area (Å²) in [6.07, 6.45) is 1.12. The topological polar surface area (TPSA) is 25.2 Å². The molecule has 0 aliphatic rings. The molecule has 114 valence electrons. The normalized spacial score (nSPS) is 13.4. The summed E-state index contributed by atoms with van der Waals surface area (Å²) in [5.41, 5.74) is 2.61. The zero-order chi connectivity index (χ0) is 15.5. The van der Waals surface area contributed by atoms with Gasteiger partial charge in [0.15, 0.2) is 0 Å². The minimum atomic E-state index is -0.00248. The van der Waals surface area contributed by atoms with E-state index in [9.17, 15) is 0 Å². The molecular weight excluding hydrogens is 258 g/mol. The van der Waals surface area contributed by atoms with Gasteiger partial charge in [0.25, 0.3) is 0 Å². The minimum Gasteiger partial charge on any atom is -0.466 e. The zero-order valence-corrected chi connectivity index (χ0v) is 13.9. The summed E-state index contributed by atoms with van der Waals surface area (Å²) in [5.74, 6) is 2.00. The first-order valence-corrected chi connectivity index (χ1v) is 7.82. The van der Waals surface area contributed by atoms with Gasteiger partial charge in [-0.15, -0.1) is 0 Å². The molecule has 1 heterocycles. The van der Waals surface area contributed by atoms with Crippen LogP contribution in [0.15, 0.2) is 40.8 Å². The predicted molar refractivity (Wildman–Crippen MR) is 88.7 cm³/mol. The Labute approximate surface area is 128 Å². The van der Waals surface area contributed by atoms with Crippen molar-refractivity contribution < 1.29 is 4.42 Å². The Morgan fingerprint density at radius 2 is 1.81 bits per heavy atom. The fourth-order valence-electron chi connectivity index (χ4n) is 3.01. The molecule has 2 nitrogen and oxygen atoms in total. The van der Waals surface area contributed by atoms with E-state index in [1.165, 1.54) is 11.1 Å². The second-order valence-corrected chi connectivity index (χ2v) is 6.34. The Bertz CT molecular complexity index is 569. The van der Waals surface area contributed by atoms with Gasteiger partial charge >= 0.3 is 0 Å². The maximum atomic E-state index is 5.77. The van der Waals surface area contributed by atoms with Crippen LogP contribution in [0.2, 0.25) is 0 Å². The van der Waals surface area contributed by atoms with Gasteiger partial charge in [0.1, 0.15) is 11.5 Å². The van der Waals surface area contributed by atoms with Crippen LogP contribution in [0, 0.1) is 13.8 Å². The highest BCUT2D eigenvalue weighted by atomic mass is 16.3. The van der Waals surface area contributed by atoms with Crippen LogP contribution in [-0.2, 0) is 5.41 Å². The van der Waals surface area contributed by atoms with E-state index in [1.54, 1.807) is 0 Å². The Balaban J connectivity index is 2.42. The van der Waals surface area contributed by atoms with E-state index in [4.69, 9.17) is 4.42 Å². The third-order valence-corrected chi connectivity index (χ3v) is 4.23. The molecule has 0 spiro atoms. The number of furan rings is 1. The Kier molecular flexibility index (Phi) is 4.89. The molecule has 0 bridgehead atoms. The molecule has 1 N–H and O–H groups in total. The van der Waals surface area contributed by atoms with Gasteiger partial charge in [-0.3, -0.25) is 0 Å². The highest BCUT2D eigenvalue weighted by molar-refractivity contribution is 5.34. The van der Waals surface area contributed by atoms with E-state index in [1.807, 2.05) is 6.92 Å². The Morgan fingerprint density at radius 1 is 1.14 bits per heavy atom. The van der Waals surface area contributed by atoms with Crippen molar-refractivity contribution in [3.63, 3.8) is 0 Å². The van der Waals surface area contributed by atoms with Gasteiger partial charge in [0, 0.05) is 17.0 Å². The third-order valence-electron chi connectivity index (χ3n) is 4.23. The standard InChI is InChI=1S/C19H27NO/c1-6-12-20-18(17-13-14(2)21-15(17)3)19(4,5)16-10-8-7-9-11-16/h7-11,13,18,20H,6,12H2,1-5H3. The molecular formula is C19H27NO. The van der Waals surface area contributed by atoms with Crippen LogP contribution in [0.1, 0.15) is 55.9 Å². The molecule has 1 atom stereocenters. The third kappa shape index (κ3) is 3.38. The highest BCUT2D eigenvalue weighted by Crippen LogP contribution is 2.38. The first kappa shape index (κ1) is 15.8. The van der Waals surface area contributed by atoms with Crippen LogP contribution in [0.25, 0.3) is 0 Å². The highest BCUT2D eigenvalue weighted by Gasteiger charge is 2.34. The van der Waals surface area contributed by atoms with E-state index in [-0.39, 0.29) is 11.5 Å². The quantitative estimate of drug-likeness (QED) is 0.815. The van der Waals surface area contributed by atoms with Crippen molar-refractivity contribution in [2.75, 3.05) is 6.54 Å². The summed E-state index contributed by atoms with van der Waals surface area (Å²) >= 11 is 0. The van der Waals surface area contributed by atoms with Gasteiger partial charge in [-0.05, 0) is 38.4 Å². The van der Waals surface area contributed by atoms with Gasteiger partial charge in [0.2, 0.25) is 0 Å². The second-order valence-electron chi connectivity index (χ2n) is 6.34. The largest absolute Gasteiger partial charge is 0.466 e. The SMILES string of the molecule is CCCNC(c1cc(C)oc1C)C(C)(C)c1ccccc1. The summed E-state index contributed by atoms with van der Waals surface area (Å²) in [6.45, 7) is 11.9. The molecule has 2 rings (SSSR count). The van der Waals surface area contributed by atoms with E-state index in [0.717, 1.165) is 24.5 Å². The molecule has 0 amide bonds. The molecule has 0 radical (unpaired) electrons. The van der Waals surface area contributed by atoms with Gasteiger partial charge in [0.05, 0.1) is 0 Å². The molecule has 0 aliphatic carbocycles. The number of hydrogen-bond donors (Lipinski definition) is 1. The smallest absolute Gasteiger partial charge is 0.105 e. The molecule has 0 saturated heterocycles. The summed E-state index contributed by atoms with van der Waals surface area (Å²) in [5, 5.41) is 3.72. The molecule has 2 aromatic rings. The Morgan fingerprint density at radius 3 is 2.33 bits per heavy atom. The van der Waals surface area contributed by atoms with E-state index in [0.29, 0.717) is 0 Å². The monoisotopic (exact) mass is 285 g/mol. The van der Waals surface area contributed by atoms with Crippen molar-refractivity contribution in [3.05, 3.63) is 59.0 Å². The van der Waals surface area contributed by atoms with Crippen molar-refractivity contribution >= 4 is 0 Å². The summed E-state index contributed by atoms with van der Waals surface area (Å²) in [4.78, 5) is 0. The van der Waals surface area contributed by atoms with E-state index in [2.05, 4.69) is 69.4 Å². The summed E-state index contributed by atoms with van der Waals surface area (Å²) in [7, 11) is 0. The van der Waals surface area contributed by atoms with Crippen molar-refractivity contribution in [1.82, 2.24) is 5.32 Å². The van der Waals surface area contributed by atoms with Crippen LogP contribution in [0.3, 0.4) is 0 Å². The van der Waals surface area contributed by atoms with Gasteiger partial charge in [-0.1, -0.05) is 51.1 Å². The molecule has 1 unspecified atom stereocenters. The van der Waals surface area contributed by atoms with Crippen molar-refractivity contribution in [2.24, 2.45) is 0 Å². The molecule has 0 saturated carbocycles. The van der Waals surface area contributed by atoms with Crippen LogP contribution in [-0.4, -0.2) is 6.54 Å². The summed E-state index contributed by atoms with van der Waals surface area (Å²) < 4.78 is 5.77. The first-order chi connectivity index (χ1) is 9.96. The van der Waals surface area contributed by atoms with Crippen LogP contribution >= 0.6 is 0 Å². The van der Waals surface area contributed by atoms with Crippen LogP contribution in [0.4, 0.5) is 0 Å². The molecule has 1 aromatic heterocycles. The maximum absolute atomic E-state index is 5.77. The predicted octanol–water partition coefficient (Wildman–Crippen LogP) is 4.91. The fraction of sp³-hybridized carbons (Fsp3) is 0.474. The van der Waals surface area contributed by atoms with Crippen LogP contribution in [0.5, 0.6) is 0 Å². The number of nitrogens with one attached hydrogen (secondary N) is 1. The fourth-order valence-corrected chi connectivity index (χ4v) is 3.01. The van der Waals surface area contributed by atoms with Gasteiger partial charge < -0.3 is 9.73 Å². The number of hydrogen-bond acceptors (Lipinski definition) is 2. The first-order valence-electron chi connectivity index (χ1n) is 7.82. The van der Waals surface area contributed by atoms with Crippen LogP contribution < -0.4 is 5.32 Å². The average Bonchev–Trinajstić information content (AvgIpc) is 2.79. The summed E-state index contributed by atoms with van der Waals surface area (Å²) in [6, 6.07) is 13.1. The maximum Gasteiger partial charge on any atom is 0.105 e. The average molecular weight is 285 g/mol. The lowest BCUT2D eigenvalue weighted by Gasteiger charge is -2.36. The zero-order valence-electron chi connectivity index (χ0n) is 13.9. The second kappa shape index (κ2) is 6.48. The van der Waals surface area contributed by atoms with Gasteiger partial charge in [-0.25, -0.2) is 0 Å². The molecule has 0 fully saturated rings. The van der Waals surface area contributed by atoms with Crippen molar-refractivity contribution in [3.8, 4) is 0 Å². The van der Waals surface area contributed by atoms with Crippen molar-refractivity contribution in [1.29, 1.82) is 0 Å². The number of aryl methyl sites for hydroxylation is 2. The van der Waals surface area contributed by atoms with E-state index < -0.39 is 0 Å². The number of rotatable bonds is 6. The lowest BCUT2D eigenvalue weighted by atomic mass is 9.75. The van der Waals surface area contributed by atoms with Gasteiger partial charge in [-0.2, -0.15) is 0 Å². The lowest BCUT2D eigenvalue weighted by molar-refractivity contribution is 0.343. The lowest BCUT2D eigenvalue weighted by Crippen LogP contribution is -2.38. The molecule has 0 aliphatic heterocycles. The minimum absolute atomic E-state index is 0.00248. The van der Waals surface area contributed by atoms with Crippen molar-refractivity contribution in [2.45, 2.75) is 52.5 Å². The Hall–Kier alpha value is -1.54. The molecule has 1 aromatic carbocycles. The number of benzene rings is 1.